The monoisotopic (exact) mass is 193 g/mol. The van der Waals surface area contributed by atoms with Gasteiger partial charge in [-0.15, -0.1) is 0 Å². The maximum absolute atomic E-state index is 11.6. The van der Waals surface area contributed by atoms with Crippen LogP contribution in [0.4, 0.5) is 0 Å². The first-order chi connectivity index (χ1) is 6.39. The number of H-pyrrole nitrogens is 1. The lowest BCUT2D eigenvalue weighted by molar-refractivity contribution is 0.0810. The van der Waals surface area contributed by atoms with Gasteiger partial charge in [-0.2, -0.15) is 0 Å². The first-order valence-corrected chi connectivity index (χ1v) is 4.74. The van der Waals surface area contributed by atoms with Crippen molar-refractivity contribution in [2.75, 3.05) is 7.05 Å². The Morgan fingerprint density at radius 1 is 1.43 bits per heavy atom. The molecule has 76 valence electrons. The van der Waals surface area contributed by atoms with Crippen molar-refractivity contribution in [1.82, 2.24) is 14.9 Å². The van der Waals surface area contributed by atoms with Crippen molar-refractivity contribution < 1.29 is 4.79 Å². The Labute approximate surface area is 83.3 Å². The molecule has 1 aromatic rings. The van der Waals surface area contributed by atoms with Gasteiger partial charge in [-0.1, -0.05) is 20.8 Å². The van der Waals surface area contributed by atoms with Crippen molar-refractivity contribution in [2.45, 2.75) is 32.7 Å². The number of hydrogen-bond acceptors (Lipinski definition) is 2. The highest BCUT2D eigenvalue weighted by Crippen LogP contribution is 2.25. The molecule has 0 unspecified atom stereocenters. The summed E-state index contributed by atoms with van der Waals surface area (Å²) in [6, 6.07) is 0. The molecule has 2 heterocycles. The topological polar surface area (TPSA) is 49.0 Å². The zero-order valence-electron chi connectivity index (χ0n) is 9.01. The molecule has 1 aliphatic rings. The third kappa shape index (κ3) is 1.22. The molecule has 0 saturated heterocycles. The number of carbonyl (C=O) groups excluding carboxylic acids is 1. The predicted molar refractivity (Wildman–Crippen MR) is 53.1 cm³/mol. The lowest BCUT2D eigenvalue weighted by Crippen LogP contribution is -2.21. The molecule has 2 rings (SSSR count). The zero-order chi connectivity index (χ0) is 10.5. The van der Waals surface area contributed by atoms with Crippen molar-refractivity contribution >= 4 is 5.91 Å². The van der Waals surface area contributed by atoms with E-state index in [-0.39, 0.29) is 11.3 Å². The molecule has 1 amide bonds. The Morgan fingerprint density at radius 3 is 2.57 bits per heavy atom. The Balaban J connectivity index is 2.43. The second-order valence-corrected chi connectivity index (χ2v) is 4.82. The second-order valence-electron chi connectivity index (χ2n) is 4.82. The molecule has 0 spiro atoms. The van der Waals surface area contributed by atoms with Crippen molar-refractivity contribution in [2.24, 2.45) is 0 Å². The lowest BCUT2D eigenvalue weighted by Gasteiger charge is -2.15. The Bertz CT molecular complexity index is 387. The predicted octanol–water partition coefficient (Wildman–Crippen LogP) is 1.29. The van der Waals surface area contributed by atoms with Crippen molar-refractivity contribution in [3.63, 3.8) is 0 Å². The van der Waals surface area contributed by atoms with Crippen LogP contribution < -0.4 is 0 Å². The fourth-order valence-electron chi connectivity index (χ4n) is 1.55. The van der Waals surface area contributed by atoms with E-state index in [1.54, 1.807) is 11.9 Å². The molecule has 0 saturated carbocycles. The summed E-state index contributed by atoms with van der Waals surface area (Å²) < 4.78 is 0. The van der Waals surface area contributed by atoms with Gasteiger partial charge >= 0.3 is 0 Å². The van der Waals surface area contributed by atoms with Crippen LogP contribution in [0.3, 0.4) is 0 Å². The minimum atomic E-state index is -0.0246. The highest BCUT2D eigenvalue weighted by atomic mass is 16.2. The third-order valence-corrected chi connectivity index (χ3v) is 2.43. The minimum Gasteiger partial charge on any atom is -0.343 e. The van der Waals surface area contributed by atoms with Crippen LogP contribution in [-0.4, -0.2) is 27.8 Å². The quantitative estimate of drug-likeness (QED) is 0.675. The summed E-state index contributed by atoms with van der Waals surface area (Å²) in [6.45, 7) is 6.89. The van der Waals surface area contributed by atoms with E-state index in [1.165, 1.54) is 0 Å². The van der Waals surface area contributed by atoms with Gasteiger partial charge in [0.15, 0.2) is 5.69 Å². The molecule has 0 bridgehead atoms. The van der Waals surface area contributed by atoms with Crippen molar-refractivity contribution in [1.29, 1.82) is 0 Å². The number of carbonyl (C=O) groups is 1. The summed E-state index contributed by atoms with van der Waals surface area (Å²) in [4.78, 5) is 20.8. The summed E-state index contributed by atoms with van der Waals surface area (Å²) in [5.41, 5.74) is 1.52. The number of rotatable bonds is 0. The number of fused-ring (bicyclic) bond motifs is 1. The molecule has 1 aromatic heterocycles. The number of hydrogen-bond donors (Lipinski definition) is 1. The highest BCUT2D eigenvalue weighted by molar-refractivity contribution is 5.95. The molecular weight excluding hydrogens is 178 g/mol. The number of nitrogens with one attached hydrogen (secondary N) is 1. The molecule has 0 aliphatic carbocycles. The summed E-state index contributed by atoms with van der Waals surface area (Å²) in [7, 11) is 1.79. The third-order valence-electron chi connectivity index (χ3n) is 2.43. The second kappa shape index (κ2) is 2.59. The number of aromatic nitrogens is 2. The fourth-order valence-corrected chi connectivity index (χ4v) is 1.55. The molecule has 4 heteroatoms. The van der Waals surface area contributed by atoms with Gasteiger partial charge in [0, 0.05) is 12.5 Å². The van der Waals surface area contributed by atoms with Crippen molar-refractivity contribution in [3.05, 3.63) is 17.2 Å². The van der Waals surface area contributed by atoms with Gasteiger partial charge in [0.2, 0.25) is 0 Å². The molecule has 0 radical (unpaired) electrons. The van der Waals surface area contributed by atoms with Crippen LogP contribution in [0.1, 0.15) is 42.8 Å². The molecular formula is C10H15N3O. The normalized spacial score (nSPS) is 16.3. The summed E-state index contributed by atoms with van der Waals surface area (Å²) in [5.74, 6) is 0.913. The maximum Gasteiger partial charge on any atom is 0.274 e. The first-order valence-electron chi connectivity index (χ1n) is 4.74. The maximum atomic E-state index is 11.6. The Morgan fingerprint density at radius 2 is 2.07 bits per heavy atom. The Kier molecular flexibility index (Phi) is 1.71. The molecule has 14 heavy (non-hydrogen) atoms. The fraction of sp³-hybridized carbons (Fsp3) is 0.600. The van der Waals surface area contributed by atoms with Crippen LogP contribution in [0.25, 0.3) is 0 Å². The molecule has 0 aromatic carbocycles. The van der Waals surface area contributed by atoms with Gasteiger partial charge in [-0.05, 0) is 0 Å². The van der Waals surface area contributed by atoms with Crippen LogP contribution in [0.15, 0.2) is 0 Å². The van der Waals surface area contributed by atoms with E-state index >= 15 is 0 Å². The zero-order valence-corrected chi connectivity index (χ0v) is 9.01. The molecule has 0 atom stereocenters. The van der Waals surface area contributed by atoms with E-state index in [4.69, 9.17) is 0 Å². The smallest absolute Gasteiger partial charge is 0.274 e. The largest absolute Gasteiger partial charge is 0.343 e. The van der Waals surface area contributed by atoms with E-state index in [1.807, 2.05) is 0 Å². The van der Waals surface area contributed by atoms with Gasteiger partial charge in [0.25, 0.3) is 5.91 Å². The molecule has 1 N–H and O–H groups in total. The number of nitrogens with zero attached hydrogens (tertiary/aromatic N) is 2. The van der Waals surface area contributed by atoms with Gasteiger partial charge in [0.05, 0.1) is 12.2 Å². The molecule has 4 nitrogen and oxygen atoms in total. The highest BCUT2D eigenvalue weighted by Gasteiger charge is 2.31. The number of amides is 1. The summed E-state index contributed by atoms with van der Waals surface area (Å²) in [5, 5.41) is 0. The molecule has 1 aliphatic heterocycles. The van der Waals surface area contributed by atoms with Crippen LogP contribution in [0.5, 0.6) is 0 Å². The molecule has 0 fully saturated rings. The van der Waals surface area contributed by atoms with Crippen LogP contribution in [0.2, 0.25) is 0 Å². The standard InChI is InChI=1S/C10H15N3O/c1-10(2,3)9-11-6-5-13(4)8(14)7(6)12-9/h5H2,1-4H3,(H,11,12). The van der Waals surface area contributed by atoms with E-state index in [2.05, 4.69) is 30.7 Å². The van der Waals surface area contributed by atoms with Crippen LogP contribution in [-0.2, 0) is 12.0 Å². The van der Waals surface area contributed by atoms with Crippen LogP contribution in [0, 0.1) is 0 Å². The van der Waals surface area contributed by atoms with Gasteiger partial charge in [0.1, 0.15) is 5.82 Å². The Hall–Kier alpha value is -1.32. The van der Waals surface area contributed by atoms with E-state index in [0.717, 1.165) is 11.5 Å². The minimum absolute atomic E-state index is 0.0201. The SMILES string of the molecule is CN1Cc2[nH]c(C(C)(C)C)nc2C1=O. The lowest BCUT2D eigenvalue weighted by atomic mass is 9.96. The van der Waals surface area contributed by atoms with Crippen LogP contribution >= 0.6 is 0 Å². The van der Waals surface area contributed by atoms with Crippen molar-refractivity contribution in [3.8, 4) is 0 Å². The average Bonchev–Trinajstić information content (AvgIpc) is 2.54. The van der Waals surface area contributed by atoms with E-state index < -0.39 is 0 Å². The van der Waals surface area contributed by atoms with Gasteiger partial charge in [-0.3, -0.25) is 4.79 Å². The first kappa shape index (κ1) is 9.24. The summed E-state index contributed by atoms with van der Waals surface area (Å²) in [6.07, 6.45) is 0. The van der Waals surface area contributed by atoms with Gasteiger partial charge in [-0.25, -0.2) is 4.98 Å². The van der Waals surface area contributed by atoms with E-state index in [0.29, 0.717) is 12.2 Å². The van der Waals surface area contributed by atoms with Gasteiger partial charge < -0.3 is 9.88 Å². The average molecular weight is 193 g/mol. The number of aromatic amines is 1. The number of imidazole rings is 1. The summed E-state index contributed by atoms with van der Waals surface area (Å²) >= 11 is 0. The van der Waals surface area contributed by atoms with E-state index in [9.17, 15) is 4.79 Å².